The van der Waals surface area contributed by atoms with Crippen LogP contribution in [0.1, 0.15) is 33.6 Å². The zero-order valence-corrected chi connectivity index (χ0v) is 12.5. The highest BCUT2D eigenvalue weighted by molar-refractivity contribution is 5.68. The molecule has 0 radical (unpaired) electrons. The first kappa shape index (κ1) is 15.8. The lowest BCUT2D eigenvalue weighted by atomic mass is 9.94. The fourth-order valence-electron chi connectivity index (χ4n) is 3.22. The number of carbonyl (C=O) groups excluding carboxylic acids is 3. The first-order chi connectivity index (χ1) is 9.88. The lowest BCUT2D eigenvalue weighted by Crippen LogP contribution is -2.58. The van der Waals surface area contributed by atoms with E-state index < -0.39 is 24.1 Å². The van der Waals surface area contributed by atoms with Crippen molar-refractivity contribution in [1.29, 1.82) is 0 Å². The molecule has 4 atom stereocenters. The van der Waals surface area contributed by atoms with E-state index in [1.807, 2.05) is 0 Å². The summed E-state index contributed by atoms with van der Waals surface area (Å²) < 4.78 is 16.0. The summed E-state index contributed by atoms with van der Waals surface area (Å²) in [5, 5.41) is 0. The summed E-state index contributed by atoms with van der Waals surface area (Å²) in [6, 6.07) is -0.254. The van der Waals surface area contributed by atoms with Crippen LogP contribution in [-0.2, 0) is 28.6 Å². The average molecular weight is 299 g/mol. The van der Waals surface area contributed by atoms with Crippen LogP contribution in [0.2, 0.25) is 0 Å². The number of fused-ring (bicyclic) bond motifs is 1. The molecule has 4 unspecified atom stereocenters. The quantitative estimate of drug-likeness (QED) is 0.546. The van der Waals surface area contributed by atoms with Gasteiger partial charge in [-0.1, -0.05) is 0 Å². The van der Waals surface area contributed by atoms with E-state index in [9.17, 15) is 14.4 Å². The van der Waals surface area contributed by atoms with Gasteiger partial charge in [-0.15, -0.1) is 0 Å². The molecule has 0 N–H and O–H groups in total. The molecule has 0 bridgehead atoms. The van der Waals surface area contributed by atoms with Crippen molar-refractivity contribution in [2.45, 2.75) is 58.0 Å². The molecule has 7 heteroatoms. The van der Waals surface area contributed by atoms with Gasteiger partial charge >= 0.3 is 17.9 Å². The molecule has 2 fully saturated rings. The molecule has 0 saturated carbocycles. The number of nitrogens with zero attached hydrogens (tertiary/aromatic N) is 1. The van der Waals surface area contributed by atoms with Crippen LogP contribution in [-0.4, -0.2) is 60.3 Å². The maximum Gasteiger partial charge on any atom is 0.303 e. The van der Waals surface area contributed by atoms with Crippen LogP contribution in [0.4, 0.5) is 0 Å². The second-order valence-electron chi connectivity index (χ2n) is 5.47. The van der Waals surface area contributed by atoms with Gasteiger partial charge in [-0.25, -0.2) is 0 Å². The van der Waals surface area contributed by atoms with Gasteiger partial charge in [0.15, 0.2) is 6.10 Å². The topological polar surface area (TPSA) is 82.1 Å². The number of carbonyl (C=O) groups is 3. The molecule has 0 aromatic rings. The molecule has 0 amide bonds. The van der Waals surface area contributed by atoms with Crippen LogP contribution >= 0.6 is 0 Å². The van der Waals surface area contributed by atoms with Gasteiger partial charge in [0.2, 0.25) is 0 Å². The third-order valence-corrected chi connectivity index (χ3v) is 3.84. The van der Waals surface area contributed by atoms with Gasteiger partial charge in [0.05, 0.1) is 6.04 Å². The monoisotopic (exact) mass is 299 g/mol. The smallest absolute Gasteiger partial charge is 0.303 e. The molecular weight excluding hydrogens is 278 g/mol. The lowest BCUT2D eigenvalue weighted by molar-refractivity contribution is -0.183. The normalized spacial score (nSPS) is 32.1. The van der Waals surface area contributed by atoms with Crippen molar-refractivity contribution in [2.75, 3.05) is 13.1 Å². The maximum atomic E-state index is 11.4. The van der Waals surface area contributed by atoms with Crippen molar-refractivity contribution < 1.29 is 28.6 Å². The van der Waals surface area contributed by atoms with E-state index in [4.69, 9.17) is 14.2 Å². The highest BCUT2D eigenvalue weighted by Crippen LogP contribution is 2.33. The number of hydrogen-bond acceptors (Lipinski definition) is 7. The molecule has 0 aliphatic carbocycles. The summed E-state index contributed by atoms with van der Waals surface area (Å²) in [7, 11) is 0. The standard InChI is InChI=1S/C14H21NO6/c1-8(16)19-11-4-6-15-7-5-12(20-9(2)17)14(13(11)15)21-10(3)18/h11-14H,4-7H2,1-3H3. The Kier molecular flexibility index (Phi) is 4.82. The van der Waals surface area contributed by atoms with Crippen LogP contribution in [0.3, 0.4) is 0 Å². The Bertz CT molecular complexity index is 437. The van der Waals surface area contributed by atoms with Crippen molar-refractivity contribution >= 4 is 17.9 Å². The first-order valence-corrected chi connectivity index (χ1v) is 7.14. The minimum Gasteiger partial charge on any atom is -0.461 e. The van der Waals surface area contributed by atoms with Crippen LogP contribution in [0.15, 0.2) is 0 Å². The van der Waals surface area contributed by atoms with Crippen molar-refractivity contribution in [1.82, 2.24) is 4.90 Å². The number of rotatable bonds is 3. The van der Waals surface area contributed by atoms with Crippen LogP contribution in [0.5, 0.6) is 0 Å². The maximum absolute atomic E-state index is 11.4. The predicted molar refractivity (Wildman–Crippen MR) is 71.3 cm³/mol. The second-order valence-corrected chi connectivity index (χ2v) is 5.47. The minimum atomic E-state index is -0.605. The van der Waals surface area contributed by atoms with Crippen molar-refractivity contribution in [3.05, 3.63) is 0 Å². The molecule has 2 rings (SSSR count). The van der Waals surface area contributed by atoms with Gasteiger partial charge in [0.1, 0.15) is 12.2 Å². The molecule has 118 valence electrons. The van der Waals surface area contributed by atoms with Crippen LogP contribution in [0.25, 0.3) is 0 Å². The van der Waals surface area contributed by atoms with Crippen molar-refractivity contribution in [2.24, 2.45) is 0 Å². The number of ether oxygens (including phenoxy) is 3. The van der Waals surface area contributed by atoms with E-state index in [2.05, 4.69) is 4.90 Å². The highest BCUT2D eigenvalue weighted by atomic mass is 16.6. The Morgan fingerprint density at radius 1 is 0.810 bits per heavy atom. The zero-order chi connectivity index (χ0) is 15.6. The predicted octanol–water partition coefficient (Wildman–Crippen LogP) is 0.259. The van der Waals surface area contributed by atoms with E-state index in [0.717, 1.165) is 13.1 Å². The van der Waals surface area contributed by atoms with Gasteiger partial charge in [-0.2, -0.15) is 0 Å². The van der Waals surface area contributed by atoms with Gasteiger partial charge in [-0.05, 0) is 6.42 Å². The van der Waals surface area contributed by atoms with E-state index in [1.54, 1.807) is 0 Å². The first-order valence-electron chi connectivity index (χ1n) is 7.14. The lowest BCUT2D eigenvalue weighted by Gasteiger charge is -2.41. The molecule has 7 nitrogen and oxygen atoms in total. The molecule has 0 aromatic carbocycles. The molecule has 0 spiro atoms. The Hall–Kier alpha value is -1.63. The average Bonchev–Trinajstić information content (AvgIpc) is 2.74. The number of hydrogen-bond donors (Lipinski definition) is 0. The molecule has 2 aliphatic rings. The van der Waals surface area contributed by atoms with Crippen LogP contribution < -0.4 is 0 Å². The van der Waals surface area contributed by atoms with Crippen LogP contribution in [0, 0.1) is 0 Å². The van der Waals surface area contributed by atoms with Crippen molar-refractivity contribution in [3.8, 4) is 0 Å². The third kappa shape index (κ3) is 3.72. The SMILES string of the molecule is CC(=O)OC1CCN2CCC(OC(C)=O)C2C1OC(C)=O. The van der Waals surface area contributed by atoms with Gasteiger partial charge < -0.3 is 14.2 Å². The Labute approximate surface area is 123 Å². The van der Waals surface area contributed by atoms with E-state index >= 15 is 0 Å². The highest BCUT2D eigenvalue weighted by Gasteiger charge is 2.50. The Morgan fingerprint density at radius 3 is 1.81 bits per heavy atom. The molecule has 2 saturated heterocycles. The fourth-order valence-corrected chi connectivity index (χ4v) is 3.22. The van der Waals surface area contributed by atoms with Crippen molar-refractivity contribution in [3.63, 3.8) is 0 Å². The van der Waals surface area contributed by atoms with E-state index in [0.29, 0.717) is 12.8 Å². The number of piperidine rings is 1. The summed E-state index contributed by atoms with van der Waals surface area (Å²) in [5.74, 6) is -1.21. The Morgan fingerprint density at radius 2 is 1.29 bits per heavy atom. The third-order valence-electron chi connectivity index (χ3n) is 3.84. The second kappa shape index (κ2) is 6.43. The van der Waals surface area contributed by atoms with Gasteiger partial charge in [0.25, 0.3) is 0 Å². The molecule has 2 aliphatic heterocycles. The molecule has 0 aromatic heterocycles. The summed E-state index contributed by atoms with van der Waals surface area (Å²) in [4.78, 5) is 36.0. The number of esters is 3. The summed E-state index contributed by atoms with van der Waals surface area (Å²) >= 11 is 0. The summed E-state index contributed by atoms with van der Waals surface area (Å²) in [6.07, 6.45) is -0.156. The minimum absolute atomic E-state index is 0.254. The zero-order valence-electron chi connectivity index (χ0n) is 12.5. The molecule has 21 heavy (non-hydrogen) atoms. The molecule has 2 heterocycles. The summed E-state index contributed by atoms with van der Waals surface area (Å²) in [6.45, 7) is 5.50. The molecular formula is C14H21NO6. The fraction of sp³-hybridized carbons (Fsp3) is 0.786. The largest absolute Gasteiger partial charge is 0.461 e. The Balaban J connectivity index is 2.19. The van der Waals surface area contributed by atoms with Gasteiger partial charge in [-0.3, -0.25) is 19.3 Å². The van der Waals surface area contributed by atoms with E-state index in [-0.39, 0.29) is 18.1 Å². The van der Waals surface area contributed by atoms with Gasteiger partial charge in [0, 0.05) is 40.3 Å². The summed E-state index contributed by atoms with van der Waals surface area (Å²) in [5.41, 5.74) is 0. The van der Waals surface area contributed by atoms with E-state index in [1.165, 1.54) is 20.8 Å².